The molecule has 0 aliphatic rings. The summed E-state index contributed by atoms with van der Waals surface area (Å²) in [6, 6.07) is 11.0. The molecule has 0 bridgehead atoms. The van der Waals surface area contributed by atoms with Crippen molar-refractivity contribution < 1.29 is 17.2 Å². The molecule has 2 aromatic carbocycles. The molecule has 0 amide bonds. The van der Waals surface area contributed by atoms with E-state index >= 15 is 0 Å². The highest BCUT2D eigenvalue weighted by atomic mass is 32.2. The fourth-order valence-electron chi connectivity index (χ4n) is 3.27. The van der Waals surface area contributed by atoms with Crippen LogP contribution >= 0.6 is 0 Å². The molecule has 160 valence electrons. The van der Waals surface area contributed by atoms with Gasteiger partial charge in [-0.15, -0.1) is 0 Å². The molecular weight excluding hydrogens is 424 g/mol. The highest BCUT2D eigenvalue weighted by Crippen LogP contribution is 2.29. The summed E-state index contributed by atoms with van der Waals surface area (Å²) < 4.78 is 53.2. The van der Waals surface area contributed by atoms with Crippen LogP contribution in [0.15, 0.2) is 59.8 Å². The van der Waals surface area contributed by atoms with Gasteiger partial charge < -0.3 is 5.32 Å². The van der Waals surface area contributed by atoms with Crippen LogP contribution in [0.2, 0.25) is 0 Å². The summed E-state index contributed by atoms with van der Waals surface area (Å²) in [6.45, 7) is 1.95. The lowest BCUT2D eigenvalue weighted by molar-refractivity contribution is 0.506. The fraction of sp³-hybridized carbons (Fsp3) is 0.190. The van der Waals surface area contributed by atoms with E-state index in [2.05, 4.69) is 20.4 Å². The molecule has 0 radical (unpaired) electrons. The Hall–Kier alpha value is -3.40. The van der Waals surface area contributed by atoms with Gasteiger partial charge in [-0.3, -0.25) is 0 Å². The first-order chi connectivity index (χ1) is 14.8. The highest BCUT2D eigenvalue weighted by molar-refractivity contribution is 7.90. The largest absolute Gasteiger partial charge is 0.359 e. The highest BCUT2D eigenvalue weighted by Gasteiger charge is 2.20. The molecule has 0 spiro atoms. The molecule has 1 unspecified atom stereocenters. The minimum absolute atomic E-state index is 0.120. The maximum Gasteiger partial charge on any atom is 0.254 e. The lowest BCUT2D eigenvalue weighted by atomic mass is 9.98. The van der Waals surface area contributed by atoms with Crippen LogP contribution in [0.3, 0.4) is 0 Å². The van der Waals surface area contributed by atoms with Gasteiger partial charge in [-0.2, -0.15) is 14.6 Å². The summed E-state index contributed by atoms with van der Waals surface area (Å²) in [7, 11) is -3.46. The van der Waals surface area contributed by atoms with Crippen molar-refractivity contribution in [2.75, 3.05) is 11.6 Å². The summed E-state index contributed by atoms with van der Waals surface area (Å²) in [5.74, 6) is -1.06. The van der Waals surface area contributed by atoms with E-state index in [1.165, 1.54) is 29.0 Å². The second-order valence-corrected chi connectivity index (χ2v) is 9.07. The minimum atomic E-state index is -3.46. The summed E-state index contributed by atoms with van der Waals surface area (Å²) in [5, 5.41) is 7.45. The predicted octanol–water partition coefficient (Wildman–Crippen LogP) is 3.57. The van der Waals surface area contributed by atoms with E-state index in [9.17, 15) is 17.2 Å². The third kappa shape index (κ3) is 4.24. The van der Waals surface area contributed by atoms with Crippen molar-refractivity contribution in [1.29, 1.82) is 0 Å². The second kappa shape index (κ2) is 8.03. The molecule has 31 heavy (non-hydrogen) atoms. The van der Waals surface area contributed by atoms with Crippen LogP contribution in [0, 0.1) is 11.6 Å². The molecule has 1 N–H and O–H groups in total. The van der Waals surface area contributed by atoms with Gasteiger partial charge in [-0.1, -0.05) is 25.1 Å². The second-order valence-electron chi connectivity index (χ2n) is 7.05. The lowest BCUT2D eigenvalue weighted by Crippen LogP contribution is -2.17. The number of benzene rings is 2. The first-order valence-corrected chi connectivity index (χ1v) is 11.4. The average molecular weight is 443 g/mol. The van der Waals surface area contributed by atoms with Gasteiger partial charge in [-0.05, 0) is 41.8 Å². The zero-order valence-electron chi connectivity index (χ0n) is 16.8. The van der Waals surface area contributed by atoms with E-state index in [0.29, 0.717) is 29.1 Å². The van der Waals surface area contributed by atoms with Crippen LogP contribution in [0.1, 0.15) is 29.8 Å². The van der Waals surface area contributed by atoms with Crippen LogP contribution in [0.4, 0.5) is 14.6 Å². The van der Waals surface area contributed by atoms with Crippen molar-refractivity contribution in [2.24, 2.45) is 0 Å². The molecule has 0 aliphatic carbocycles. The Kier molecular flexibility index (Phi) is 5.40. The van der Waals surface area contributed by atoms with E-state index in [1.807, 2.05) is 6.92 Å². The average Bonchev–Trinajstić information content (AvgIpc) is 3.22. The molecule has 10 heteroatoms. The summed E-state index contributed by atoms with van der Waals surface area (Å²) in [4.78, 5) is 8.64. The van der Waals surface area contributed by atoms with Gasteiger partial charge in [0.25, 0.3) is 5.78 Å². The molecule has 0 saturated carbocycles. The van der Waals surface area contributed by atoms with Crippen LogP contribution < -0.4 is 5.32 Å². The Morgan fingerprint density at radius 2 is 1.84 bits per heavy atom. The number of nitrogens with zero attached hydrogens (tertiary/aromatic N) is 4. The third-order valence-electron chi connectivity index (χ3n) is 4.86. The molecule has 0 aliphatic heterocycles. The standard InChI is InChI=1S/C21H19F2N5O2S/c1-3-15-11-19(28-21(26-15)24-12-25-28)27-20(14-7-8-17(22)18(23)10-14)13-5-4-6-16(9-13)31(2,29)30/h4-12,20,27H,3H2,1-2H3. The number of halogens is 2. The molecular formula is C21H19F2N5O2S. The maximum absolute atomic E-state index is 14.0. The van der Waals surface area contributed by atoms with Gasteiger partial charge in [0.1, 0.15) is 12.1 Å². The number of aryl methyl sites for hydroxylation is 1. The summed E-state index contributed by atoms with van der Waals surface area (Å²) in [5.41, 5.74) is 1.72. The number of anilines is 1. The van der Waals surface area contributed by atoms with Crippen LogP contribution in [-0.2, 0) is 16.3 Å². The smallest absolute Gasteiger partial charge is 0.254 e. The monoisotopic (exact) mass is 443 g/mol. The van der Waals surface area contributed by atoms with E-state index in [1.54, 1.807) is 18.2 Å². The van der Waals surface area contributed by atoms with E-state index in [0.717, 1.165) is 24.1 Å². The number of sulfone groups is 1. The third-order valence-corrected chi connectivity index (χ3v) is 5.97. The van der Waals surface area contributed by atoms with Crippen molar-refractivity contribution in [3.05, 3.63) is 83.3 Å². The first-order valence-electron chi connectivity index (χ1n) is 9.47. The van der Waals surface area contributed by atoms with Gasteiger partial charge in [0, 0.05) is 18.0 Å². The Labute approximate surface area is 177 Å². The van der Waals surface area contributed by atoms with E-state index in [4.69, 9.17) is 0 Å². The first kappa shape index (κ1) is 20.9. The summed E-state index contributed by atoms with van der Waals surface area (Å²) in [6.07, 6.45) is 3.13. The van der Waals surface area contributed by atoms with Gasteiger partial charge in [0.2, 0.25) is 0 Å². The van der Waals surface area contributed by atoms with Gasteiger partial charge in [0.15, 0.2) is 21.5 Å². The van der Waals surface area contributed by atoms with Crippen LogP contribution in [0.25, 0.3) is 5.78 Å². The molecule has 4 aromatic rings. The summed E-state index contributed by atoms with van der Waals surface area (Å²) >= 11 is 0. The van der Waals surface area contributed by atoms with E-state index in [-0.39, 0.29) is 4.90 Å². The molecule has 1 atom stereocenters. The van der Waals surface area contributed by atoms with Crippen molar-refractivity contribution in [1.82, 2.24) is 19.6 Å². The number of fused-ring (bicyclic) bond motifs is 1. The Morgan fingerprint density at radius 3 is 2.55 bits per heavy atom. The van der Waals surface area contributed by atoms with Gasteiger partial charge >= 0.3 is 0 Å². The Balaban J connectivity index is 1.88. The quantitative estimate of drug-likeness (QED) is 0.490. The van der Waals surface area contributed by atoms with E-state index < -0.39 is 27.5 Å². The van der Waals surface area contributed by atoms with Crippen molar-refractivity contribution in [3.8, 4) is 0 Å². The normalized spacial score (nSPS) is 12.8. The lowest BCUT2D eigenvalue weighted by Gasteiger charge is -2.22. The maximum atomic E-state index is 14.0. The molecule has 2 heterocycles. The zero-order valence-corrected chi connectivity index (χ0v) is 17.6. The van der Waals surface area contributed by atoms with Crippen molar-refractivity contribution in [2.45, 2.75) is 24.3 Å². The SMILES string of the molecule is CCc1cc(NC(c2cccc(S(C)(=O)=O)c2)c2ccc(F)c(F)c2)n2ncnc2n1. The Bertz CT molecular complexity index is 1370. The molecule has 2 aromatic heterocycles. The fourth-order valence-corrected chi connectivity index (χ4v) is 3.94. The van der Waals surface area contributed by atoms with Crippen LogP contribution in [-0.4, -0.2) is 34.3 Å². The molecule has 0 saturated heterocycles. The number of rotatable bonds is 6. The van der Waals surface area contributed by atoms with Crippen molar-refractivity contribution in [3.63, 3.8) is 0 Å². The molecule has 0 fully saturated rings. The molecule has 7 nitrogen and oxygen atoms in total. The van der Waals surface area contributed by atoms with Gasteiger partial charge in [0.05, 0.1) is 10.9 Å². The number of hydrogen-bond donors (Lipinski definition) is 1. The molecule has 4 rings (SSSR count). The topological polar surface area (TPSA) is 89.2 Å². The van der Waals surface area contributed by atoms with Crippen molar-refractivity contribution >= 4 is 21.4 Å². The van der Waals surface area contributed by atoms with Gasteiger partial charge in [-0.25, -0.2) is 22.2 Å². The Morgan fingerprint density at radius 1 is 1.06 bits per heavy atom. The number of aromatic nitrogens is 4. The zero-order chi connectivity index (χ0) is 22.2. The minimum Gasteiger partial charge on any atom is -0.359 e. The van der Waals surface area contributed by atoms with Crippen LogP contribution in [0.5, 0.6) is 0 Å². The number of hydrogen-bond acceptors (Lipinski definition) is 6. The predicted molar refractivity (Wildman–Crippen MR) is 112 cm³/mol. The number of nitrogens with one attached hydrogen (secondary N) is 1.